The highest BCUT2D eigenvalue weighted by Crippen LogP contribution is 2.45. The standard InChI is InChI=1S/C17H16BrN3O/c1-21-7-4-12(10-21)17(5-6-17)20-16(22)15-9-11-8-13(18)2-3-14(11)19-15/h2-4,7-10,19H,5-6H2,1H3,(H,20,22). The molecule has 2 N–H and O–H groups in total. The monoisotopic (exact) mass is 357 g/mol. The summed E-state index contributed by atoms with van der Waals surface area (Å²) in [7, 11) is 2.00. The molecule has 0 unspecified atom stereocenters. The fraction of sp³-hybridized carbons (Fsp3) is 0.235. The molecular formula is C17H16BrN3O. The van der Waals surface area contributed by atoms with Crippen molar-refractivity contribution in [1.29, 1.82) is 0 Å². The number of aromatic nitrogens is 2. The number of benzene rings is 1. The van der Waals surface area contributed by atoms with Gasteiger partial charge in [-0.3, -0.25) is 4.79 Å². The molecule has 3 aromatic rings. The van der Waals surface area contributed by atoms with Crippen molar-refractivity contribution in [1.82, 2.24) is 14.9 Å². The van der Waals surface area contributed by atoms with Gasteiger partial charge in [0.15, 0.2) is 0 Å². The van der Waals surface area contributed by atoms with E-state index in [1.807, 2.05) is 42.1 Å². The molecule has 4 nitrogen and oxygen atoms in total. The summed E-state index contributed by atoms with van der Waals surface area (Å²) in [6.07, 6.45) is 6.08. The van der Waals surface area contributed by atoms with E-state index in [0.717, 1.165) is 28.2 Å². The summed E-state index contributed by atoms with van der Waals surface area (Å²) in [6.45, 7) is 0. The number of carbonyl (C=O) groups excluding carboxylic acids is 1. The molecule has 1 fully saturated rings. The first-order chi connectivity index (χ1) is 10.6. The van der Waals surface area contributed by atoms with Crippen LogP contribution < -0.4 is 5.32 Å². The molecule has 1 aliphatic carbocycles. The number of amides is 1. The largest absolute Gasteiger partial charge is 0.357 e. The zero-order chi connectivity index (χ0) is 15.3. The number of H-pyrrole nitrogens is 1. The lowest BCUT2D eigenvalue weighted by Gasteiger charge is -2.15. The highest BCUT2D eigenvalue weighted by atomic mass is 79.9. The van der Waals surface area contributed by atoms with E-state index in [2.05, 4.69) is 38.5 Å². The molecule has 0 atom stereocenters. The van der Waals surface area contributed by atoms with Crippen LogP contribution in [0.5, 0.6) is 0 Å². The first kappa shape index (κ1) is 13.6. The predicted molar refractivity (Wildman–Crippen MR) is 89.8 cm³/mol. The Morgan fingerprint density at radius 1 is 1.32 bits per heavy atom. The van der Waals surface area contributed by atoms with E-state index in [4.69, 9.17) is 0 Å². The van der Waals surface area contributed by atoms with E-state index >= 15 is 0 Å². The number of hydrogen-bond donors (Lipinski definition) is 2. The van der Waals surface area contributed by atoms with Gasteiger partial charge in [0.1, 0.15) is 5.69 Å². The van der Waals surface area contributed by atoms with Gasteiger partial charge >= 0.3 is 0 Å². The third kappa shape index (κ3) is 2.25. The average molecular weight is 358 g/mol. The molecule has 1 aromatic carbocycles. The van der Waals surface area contributed by atoms with Crippen LogP contribution in [0.2, 0.25) is 0 Å². The number of aryl methyl sites for hydroxylation is 1. The molecule has 0 saturated heterocycles. The van der Waals surface area contributed by atoms with Gasteiger partial charge in [0.2, 0.25) is 0 Å². The zero-order valence-electron chi connectivity index (χ0n) is 12.2. The number of carbonyl (C=O) groups is 1. The van der Waals surface area contributed by atoms with E-state index in [1.165, 1.54) is 5.56 Å². The van der Waals surface area contributed by atoms with Crippen LogP contribution in [0.1, 0.15) is 28.9 Å². The molecule has 0 radical (unpaired) electrons. The number of aromatic amines is 1. The minimum absolute atomic E-state index is 0.0475. The number of nitrogens with one attached hydrogen (secondary N) is 2. The van der Waals surface area contributed by atoms with Gasteiger partial charge < -0.3 is 14.9 Å². The summed E-state index contributed by atoms with van der Waals surface area (Å²) in [5.41, 5.74) is 2.58. The number of fused-ring (bicyclic) bond motifs is 1. The molecular weight excluding hydrogens is 342 g/mol. The van der Waals surface area contributed by atoms with Gasteiger partial charge in [0.25, 0.3) is 5.91 Å². The summed E-state index contributed by atoms with van der Waals surface area (Å²) in [4.78, 5) is 15.8. The Hall–Kier alpha value is -2.01. The molecule has 4 rings (SSSR count). The van der Waals surface area contributed by atoms with Gasteiger partial charge in [-0.25, -0.2) is 0 Å². The Kier molecular flexibility index (Phi) is 2.94. The summed E-state index contributed by atoms with van der Waals surface area (Å²) in [6, 6.07) is 9.92. The molecule has 1 saturated carbocycles. The number of hydrogen-bond acceptors (Lipinski definition) is 1. The zero-order valence-corrected chi connectivity index (χ0v) is 13.8. The van der Waals surface area contributed by atoms with Crippen LogP contribution in [0.3, 0.4) is 0 Å². The highest BCUT2D eigenvalue weighted by molar-refractivity contribution is 9.10. The van der Waals surface area contributed by atoms with Gasteiger partial charge in [-0.05, 0) is 48.7 Å². The number of nitrogens with zero attached hydrogens (tertiary/aromatic N) is 1. The molecule has 0 spiro atoms. The van der Waals surface area contributed by atoms with Crippen molar-refractivity contribution in [3.8, 4) is 0 Å². The normalized spacial score (nSPS) is 15.9. The molecule has 0 bridgehead atoms. The Labute approximate surface area is 136 Å². The lowest BCUT2D eigenvalue weighted by Crippen LogP contribution is -2.34. The molecule has 5 heteroatoms. The first-order valence-electron chi connectivity index (χ1n) is 7.29. The summed E-state index contributed by atoms with van der Waals surface area (Å²) < 4.78 is 3.02. The molecule has 1 amide bonds. The smallest absolute Gasteiger partial charge is 0.268 e. The van der Waals surface area contributed by atoms with Crippen molar-refractivity contribution < 1.29 is 4.79 Å². The third-order valence-corrected chi connectivity index (χ3v) is 4.81. The van der Waals surface area contributed by atoms with Crippen molar-refractivity contribution in [2.45, 2.75) is 18.4 Å². The second-order valence-electron chi connectivity index (χ2n) is 6.02. The second kappa shape index (κ2) is 4.74. The SMILES string of the molecule is Cn1ccc(C2(NC(=O)c3cc4cc(Br)ccc4[nH]3)CC2)c1. The molecule has 2 heterocycles. The molecule has 0 aliphatic heterocycles. The van der Waals surface area contributed by atoms with Crippen LogP contribution in [-0.2, 0) is 12.6 Å². The quantitative estimate of drug-likeness (QED) is 0.737. The topological polar surface area (TPSA) is 49.8 Å². The maximum Gasteiger partial charge on any atom is 0.268 e. The lowest BCUT2D eigenvalue weighted by atomic mass is 10.1. The van der Waals surface area contributed by atoms with Gasteiger partial charge in [0.05, 0.1) is 5.54 Å². The van der Waals surface area contributed by atoms with Crippen molar-refractivity contribution in [3.05, 3.63) is 58.5 Å². The average Bonchev–Trinajstić information content (AvgIpc) is 2.94. The van der Waals surface area contributed by atoms with E-state index in [0.29, 0.717) is 5.69 Å². The van der Waals surface area contributed by atoms with Gasteiger partial charge in [-0.15, -0.1) is 0 Å². The maximum atomic E-state index is 12.6. The van der Waals surface area contributed by atoms with E-state index in [-0.39, 0.29) is 11.4 Å². The fourth-order valence-corrected chi connectivity index (χ4v) is 3.29. The summed E-state index contributed by atoms with van der Waals surface area (Å²) in [5, 5.41) is 4.23. The van der Waals surface area contributed by atoms with E-state index < -0.39 is 0 Å². The number of halogens is 1. The van der Waals surface area contributed by atoms with Crippen LogP contribution in [0.4, 0.5) is 0 Å². The van der Waals surface area contributed by atoms with E-state index in [9.17, 15) is 4.79 Å². The van der Waals surface area contributed by atoms with Crippen LogP contribution in [-0.4, -0.2) is 15.5 Å². The molecule has 112 valence electrons. The first-order valence-corrected chi connectivity index (χ1v) is 8.08. The Bertz CT molecular complexity index is 873. The molecule has 1 aliphatic rings. The van der Waals surface area contributed by atoms with Crippen molar-refractivity contribution in [2.24, 2.45) is 7.05 Å². The predicted octanol–water partition coefficient (Wildman–Crippen LogP) is 3.69. The van der Waals surface area contributed by atoms with Crippen molar-refractivity contribution in [2.75, 3.05) is 0 Å². The van der Waals surface area contributed by atoms with Crippen LogP contribution in [0, 0.1) is 0 Å². The van der Waals surface area contributed by atoms with Crippen LogP contribution in [0.25, 0.3) is 10.9 Å². The van der Waals surface area contributed by atoms with Crippen LogP contribution >= 0.6 is 15.9 Å². The van der Waals surface area contributed by atoms with Crippen LogP contribution in [0.15, 0.2) is 47.2 Å². The fourth-order valence-electron chi connectivity index (χ4n) is 2.91. The van der Waals surface area contributed by atoms with Gasteiger partial charge in [-0.2, -0.15) is 0 Å². The maximum absolute atomic E-state index is 12.6. The second-order valence-corrected chi connectivity index (χ2v) is 6.93. The Morgan fingerprint density at radius 2 is 2.14 bits per heavy atom. The Morgan fingerprint density at radius 3 is 2.82 bits per heavy atom. The van der Waals surface area contributed by atoms with Crippen molar-refractivity contribution in [3.63, 3.8) is 0 Å². The lowest BCUT2D eigenvalue weighted by molar-refractivity contribution is 0.0926. The van der Waals surface area contributed by atoms with E-state index in [1.54, 1.807) is 0 Å². The van der Waals surface area contributed by atoms with Gasteiger partial charge in [-0.1, -0.05) is 15.9 Å². The highest BCUT2D eigenvalue weighted by Gasteiger charge is 2.46. The minimum atomic E-state index is -0.184. The van der Waals surface area contributed by atoms with Gasteiger partial charge in [0, 0.05) is 34.8 Å². The number of rotatable bonds is 3. The minimum Gasteiger partial charge on any atom is -0.357 e. The third-order valence-electron chi connectivity index (χ3n) is 4.31. The molecule has 22 heavy (non-hydrogen) atoms. The Balaban J connectivity index is 1.61. The summed E-state index contributed by atoms with van der Waals surface area (Å²) in [5.74, 6) is -0.0475. The van der Waals surface area contributed by atoms with Crippen molar-refractivity contribution >= 4 is 32.7 Å². The summed E-state index contributed by atoms with van der Waals surface area (Å²) >= 11 is 3.45. The molecule has 2 aromatic heterocycles.